The van der Waals surface area contributed by atoms with Gasteiger partial charge in [0.15, 0.2) is 0 Å². The topological polar surface area (TPSA) is 104 Å². The van der Waals surface area contributed by atoms with Gasteiger partial charge in [-0.15, -0.1) is 0 Å². The molecule has 176 valence electrons. The highest BCUT2D eigenvalue weighted by atomic mass is 19.1. The zero-order valence-electron chi connectivity index (χ0n) is 19.3. The van der Waals surface area contributed by atoms with Crippen LogP contribution in [0.4, 0.5) is 8.78 Å². The molecule has 3 N–H and O–H groups in total. The SMILES string of the molecule is CC(C)c1c(F)cc([C@](O)(c2cncc(-c3noc(C(C)(C)O)n3)c2)C2(C)CNC2)cc1F. The Kier molecular flexibility index (Phi) is 5.63. The fourth-order valence-electron chi connectivity index (χ4n) is 4.31. The van der Waals surface area contributed by atoms with Crippen molar-refractivity contribution in [2.24, 2.45) is 5.41 Å². The van der Waals surface area contributed by atoms with Gasteiger partial charge < -0.3 is 20.1 Å². The number of nitrogens with one attached hydrogen (secondary N) is 1. The van der Waals surface area contributed by atoms with E-state index in [1.54, 1.807) is 19.9 Å². The lowest BCUT2D eigenvalue weighted by Gasteiger charge is -2.52. The summed E-state index contributed by atoms with van der Waals surface area (Å²) in [6.07, 6.45) is 2.96. The first kappa shape index (κ1) is 23.4. The highest BCUT2D eigenvalue weighted by Gasteiger charge is 2.53. The molecule has 0 amide bonds. The van der Waals surface area contributed by atoms with Crippen LogP contribution in [0.25, 0.3) is 11.4 Å². The van der Waals surface area contributed by atoms with Crippen LogP contribution < -0.4 is 5.32 Å². The van der Waals surface area contributed by atoms with Crippen molar-refractivity contribution in [2.45, 2.75) is 51.7 Å². The lowest BCUT2D eigenvalue weighted by molar-refractivity contribution is -0.0772. The zero-order valence-corrected chi connectivity index (χ0v) is 19.3. The Balaban J connectivity index is 1.86. The van der Waals surface area contributed by atoms with Gasteiger partial charge in [0.1, 0.15) is 22.8 Å². The lowest BCUT2D eigenvalue weighted by Crippen LogP contribution is -2.63. The van der Waals surface area contributed by atoms with E-state index < -0.39 is 28.3 Å². The quantitative estimate of drug-likeness (QED) is 0.518. The van der Waals surface area contributed by atoms with Crippen LogP contribution in [-0.2, 0) is 11.2 Å². The van der Waals surface area contributed by atoms with Gasteiger partial charge in [0.05, 0.1) is 0 Å². The lowest BCUT2D eigenvalue weighted by atomic mass is 9.62. The number of aromatic nitrogens is 3. The third-order valence-electron chi connectivity index (χ3n) is 6.34. The Labute approximate surface area is 190 Å². The Morgan fingerprint density at radius 2 is 1.70 bits per heavy atom. The second-order valence-corrected chi connectivity index (χ2v) is 9.83. The number of pyridine rings is 1. The largest absolute Gasteiger partial charge is 0.381 e. The summed E-state index contributed by atoms with van der Waals surface area (Å²) in [6.45, 7) is 9.19. The van der Waals surface area contributed by atoms with E-state index in [0.29, 0.717) is 24.2 Å². The molecule has 1 atom stereocenters. The van der Waals surface area contributed by atoms with E-state index in [1.165, 1.54) is 38.4 Å². The Morgan fingerprint density at radius 1 is 1.06 bits per heavy atom. The smallest absolute Gasteiger partial charge is 0.258 e. The van der Waals surface area contributed by atoms with Gasteiger partial charge in [-0.05, 0) is 43.5 Å². The molecule has 1 saturated heterocycles. The molecule has 7 nitrogen and oxygen atoms in total. The minimum absolute atomic E-state index is 0.0178. The van der Waals surface area contributed by atoms with Crippen molar-refractivity contribution in [3.63, 3.8) is 0 Å². The minimum atomic E-state index is -1.75. The van der Waals surface area contributed by atoms with E-state index in [0.717, 1.165) is 0 Å². The second-order valence-electron chi connectivity index (χ2n) is 9.83. The number of benzene rings is 1. The normalized spacial score (nSPS) is 17.6. The summed E-state index contributed by atoms with van der Waals surface area (Å²) in [6, 6.07) is 4.03. The number of rotatable bonds is 6. The van der Waals surface area contributed by atoms with Gasteiger partial charge in [0.2, 0.25) is 5.82 Å². The number of halogens is 2. The first-order chi connectivity index (χ1) is 15.4. The zero-order chi connectivity index (χ0) is 24.2. The first-order valence-corrected chi connectivity index (χ1v) is 10.8. The van der Waals surface area contributed by atoms with Crippen molar-refractivity contribution in [1.82, 2.24) is 20.4 Å². The molecule has 0 spiro atoms. The molecule has 0 saturated carbocycles. The summed E-state index contributed by atoms with van der Waals surface area (Å²) in [4.78, 5) is 8.46. The summed E-state index contributed by atoms with van der Waals surface area (Å²) in [5.41, 5.74) is -2.96. The fraction of sp³-hybridized carbons (Fsp3) is 0.458. The molecule has 33 heavy (non-hydrogen) atoms. The molecule has 2 aromatic heterocycles. The van der Waals surface area contributed by atoms with Crippen LogP contribution in [0.15, 0.2) is 35.1 Å². The maximum atomic E-state index is 14.9. The van der Waals surface area contributed by atoms with E-state index in [9.17, 15) is 19.0 Å². The van der Waals surface area contributed by atoms with Crippen LogP contribution in [0, 0.1) is 17.0 Å². The Hall–Kier alpha value is -2.75. The van der Waals surface area contributed by atoms with Crippen molar-refractivity contribution >= 4 is 0 Å². The van der Waals surface area contributed by atoms with Crippen molar-refractivity contribution < 1.29 is 23.5 Å². The fourth-order valence-corrected chi connectivity index (χ4v) is 4.31. The van der Waals surface area contributed by atoms with Gasteiger partial charge in [-0.1, -0.05) is 25.9 Å². The summed E-state index contributed by atoms with van der Waals surface area (Å²) in [7, 11) is 0. The average Bonchev–Trinajstić information content (AvgIpc) is 3.21. The second kappa shape index (κ2) is 7.93. The third-order valence-corrected chi connectivity index (χ3v) is 6.34. The summed E-state index contributed by atoms with van der Waals surface area (Å²) >= 11 is 0. The number of hydrogen-bond donors (Lipinski definition) is 3. The maximum absolute atomic E-state index is 14.9. The summed E-state index contributed by atoms with van der Waals surface area (Å²) < 4.78 is 35.0. The highest BCUT2D eigenvalue weighted by Crippen LogP contribution is 2.48. The van der Waals surface area contributed by atoms with Crippen molar-refractivity contribution in [1.29, 1.82) is 0 Å². The van der Waals surface area contributed by atoms with E-state index in [4.69, 9.17) is 4.52 Å². The van der Waals surface area contributed by atoms with Gasteiger partial charge in [-0.3, -0.25) is 4.98 Å². The predicted octanol–water partition coefficient (Wildman–Crippen LogP) is 3.61. The summed E-state index contributed by atoms with van der Waals surface area (Å²) in [5.74, 6) is -1.55. The third kappa shape index (κ3) is 3.84. The van der Waals surface area contributed by atoms with Gasteiger partial charge >= 0.3 is 0 Å². The number of nitrogens with zero attached hydrogens (tertiary/aromatic N) is 3. The molecular weight excluding hydrogens is 430 g/mol. The molecule has 4 rings (SSSR count). The van der Waals surface area contributed by atoms with Gasteiger partial charge in [0.25, 0.3) is 5.89 Å². The van der Waals surface area contributed by atoms with E-state index in [-0.39, 0.29) is 28.8 Å². The van der Waals surface area contributed by atoms with Crippen molar-refractivity contribution in [3.8, 4) is 11.4 Å². The molecule has 0 bridgehead atoms. The molecule has 1 aliphatic rings. The standard InChI is InChI=1S/C24H28F2N4O3/c1-13(2)19-17(25)7-15(8-18(19)26)24(32,23(5)11-28-12-23)16-6-14(9-27-10-16)20-29-21(33-30-20)22(3,4)31/h6-10,13,28,31-32H,11-12H2,1-5H3/t24-/m0/s1. The van der Waals surface area contributed by atoms with Crippen LogP contribution in [-0.4, -0.2) is 38.4 Å². The predicted molar refractivity (Wildman–Crippen MR) is 117 cm³/mol. The average molecular weight is 459 g/mol. The molecule has 0 radical (unpaired) electrons. The van der Waals surface area contributed by atoms with Crippen LogP contribution in [0.1, 0.15) is 63.1 Å². The van der Waals surface area contributed by atoms with Gasteiger partial charge in [0, 0.05) is 47.6 Å². The molecule has 9 heteroatoms. The monoisotopic (exact) mass is 458 g/mol. The molecule has 0 unspecified atom stereocenters. The highest BCUT2D eigenvalue weighted by molar-refractivity contribution is 5.56. The van der Waals surface area contributed by atoms with Gasteiger partial charge in [-0.2, -0.15) is 4.98 Å². The molecule has 0 aliphatic carbocycles. The Morgan fingerprint density at radius 3 is 2.18 bits per heavy atom. The van der Waals surface area contributed by atoms with E-state index >= 15 is 0 Å². The van der Waals surface area contributed by atoms with Gasteiger partial charge in [-0.25, -0.2) is 8.78 Å². The molecule has 1 fully saturated rings. The van der Waals surface area contributed by atoms with E-state index in [1.807, 2.05) is 6.92 Å². The van der Waals surface area contributed by atoms with Crippen LogP contribution in [0.3, 0.4) is 0 Å². The number of hydrogen-bond acceptors (Lipinski definition) is 7. The minimum Gasteiger partial charge on any atom is -0.381 e. The van der Waals surface area contributed by atoms with Crippen LogP contribution in [0.2, 0.25) is 0 Å². The summed E-state index contributed by atoms with van der Waals surface area (Å²) in [5, 5.41) is 29.3. The van der Waals surface area contributed by atoms with Crippen LogP contribution in [0.5, 0.6) is 0 Å². The molecule has 1 aromatic carbocycles. The van der Waals surface area contributed by atoms with Crippen LogP contribution >= 0.6 is 0 Å². The molecular formula is C24H28F2N4O3. The maximum Gasteiger partial charge on any atom is 0.258 e. The van der Waals surface area contributed by atoms with Crippen molar-refractivity contribution in [2.75, 3.05) is 13.1 Å². The first-order valence-electron chi connectivity index (χ1n) is 10.8. The van der Waals surface area contributed by atoms with E-state index in [2.05, 4.69) is 20.4 Å². The Bertz CT molecular complexity index is 1160. The molecule has 3 aromatic rings. The van der Waals surface area contributed by atoms with Crippen molar-refractivity contribution in [3.05, 3.63) is 64.8 Å². The molecule has 3 heterocycles. The molecule has 1 aliphatic heterocycles. The number of aliphatic hydroxyl groups is 2.